The quantitative estimate of drug-likeness (QED) is 0.541. The van der Waals surface area contributed by atoms with Crippen molar-refractivity contribution in [1.82, 2.24) is 0 Å². The van der Waals surface area contributed by atoms with Gasteiger partial charge in [0.1, 0.15) is 23.0 Å². The molecule has 1 saturated carbocycles. The molecule has 3 aliphatic rings. The van der Waals surface area contributed by atoms with Gasteiger partial charge >= 0.3 is 17.6 Å². The third kappa shape index (κ3) is 2.58. The van der Waals surface area contributed by atoms with Crippen molar-refractivity contribution >= 4 is 22.9 Å². The smallest absolute Gasteiger partial charge is 0.351 e. The van der Waals surface area contributed by atoms with Gasteiger partial charge in [0.25, 0.3) is 0 Å². The molecule has 1 aromatic carbocycles. The summed E-state index contributed by atoms with van der Waals surface area (Å²) < 4.78 is 23.2. The van der Waals surface area contributed by atoms with E-state index in [9.17, 15) is 19.5 Å². The highest BCUT2D eigenvalue weighted by Crippen LogP contribution is 2.66. The van der Waals surface area contributed by atoms with Gasteiger partial charge in [0.05, 0.1) is 11.0 Å². The van der Waals surface area contributed by atoms with Gasteiger partial charge < -0.3 is 23.7 Å². The molecule has 0 amide bonds. The van der Waals surface area contributed by atoms with Gasteiger partial charge in [-0.05, 0) is 58.2 Å². The minimum absolute atomic E-state index is 0.196. The van der Waals surface area contributed by atoms with Gasteiger partial charge in [0.2, 0.25) is 5.60 Å². The standard InChI is InChI=1S/C25H28O8/c1-12-11-15(26)30-17-13(12)7-8-14-16(17)18(19(27)22(2,3)32-14)31-21(29)25-10-9-24(6,20(28)33-25)23(25,4)5/h7-8,11,18-19,27H,9-10H2,1-6H3/t18-,19-,24+,25+/m1/s1. The zero-order valence-electron chi connectivity index (χ0n) is 19.6. The number of ether oxygens (including phenoxy) is 3. The summed E-state index contributed by atoms with van der Waals surface area (Å²) >= 11 is 0. The van der Waals surface area contributed by atoms with Gasteiger partial charge in [0.15, 0.2) is 6.10 Å². The Balaban J connectivity index is 1.65. The van der Waals surface area contributed by atoms with Crippen LogP contribution in [-0.2, 0) is 19.1 Å². The third-order valence-corrected chi connectivity index (χ3v) is 8.42. The monoisotopic (exact) mass is 456 g/mol. The molecular formula is C25H28O8. The maximum absolute atomic E-state index is 13.7. The Morgan fingerprint density at radius 2 is 1.79 bits per heavy atom. The normalized spacial score (nSPS) is 33.4. The molecule has 2 aromatic rings. The second kappa shape index (κ2) is 6.38. The van der Waals surface area contributed by atoms with Crippen LogP contribution >= 0.6 is 0 Å². The predicted octanol–water partition coefficient (Wildman–Crippen LogP) is 3.34. The summed E-state index contributed by atoms with van der Waals surface area (Å²) in [6.07, 6.45) is -1.63. The van der Waals surface area contributed by atoms with E-state index in [2.05, 4.69) is 0 Å². The van der Waals surface area contributed by atoms with Crippen molar-refractivity contribution in [3.63, 3.8) is 0 Å². The SMILES string of the molecule is Cc1cc(=O)oc2c3c(ccc12)OC(C)(C)[C@H](O)[C@@H]3OC(=O)[C@]12CC[C@@](C)(C(=O)O1)C2(C)C. The van der Waals surface area contributed by atoms with Crippen LogP contribution in [0, 0.1) is 17.8 Å². The van der Waals surface area contributed by atoms with E-state index in [1.54, 1.807) is 32.9 Å². The predicted molar refractivity (Wildman–Crippen MR) is 117 cm³/mol. The molecule has 0 radical (unpaired) electrons. The molecular weight excluding hydrogens is 428 g/mol. The summed E-state index contributed by atoms with van der Waals surface area (Å²) in [6, 6.07) is 4.85. The average Bonchev–Trinajstić information content (AvgIpc) is 3.01. The highest BCUT2D eigenvalue weighted by atomic mass is 16.6. The van der Waals surface area contributed by atoms with Crippen molar-refractivity contribution < 1.29 is 33.3 Å². The first-order chi connectivity index (χ1) is 15.2. The number of aliphatic hydroxyl groups is 1. The molecule has 8 heteroatoms. The topological polar surface area (TPSA) is 112 Å². The maximum Gasteiger partial charge on any atom is 0.351 e. The minimum atomic E-state index is -1.46. The molecule has 4 atom stereocenters. The molecule has 2 fully saturated rings. The Morgan fingerprint density at radius 1 is 1.09 bits per heavy atom. The number of carbonyl (C=O) groups excluding carboxylic acids is 2. The molecule has 1 N–H and O–H groups in total. The van der Waals surface area contributed by atoms with E-state index in [-0.39, 0.29) is 11.1 Å². The van der Waals surface area contributed by atoms with E-state index in [0.29, 0.717) is 29.5 Å². The summed E-state index contributed by atoms with van der Waals surface area (Å²) in [6.45, 7) is 10.6. The largest absolute Gasteiger partial charge is 0.484 e. The number of aliphatic hydroxyl groups excluding tert-OH is 1. The van der Waals surface area contributed by atoms with Crippen molar-refractivity contribution in [3.8, 4) is 5.75 Å². The lowest BCUT2D eigenvalue weighted by atomic mass is 9.66. The molecule has 1 aliphatic carbocycles. The van der Waals surface area contributed by atoms with Gasteiger partial charge in [-0.3, -0.25) is 4.79 Å². The Kier molecular flexibility index (Phi) is 4.24. The van der Waals surface area contributed by atoms with Crippen LogP contribution in [0.5, 0.6) is 5.75 Å². The van der Waals surface area contributed by atoms with Crippen LogP contribution in [0.2, 0.25) is 0 Å². The van der Waals surface area contributed by atoms with E-state index in [4.69, 9.17) is 18.6 Å². The number of aryl methyl sites for hydroxylation is 1. The summed E-state index contributed by atoms with van der Waals surface area (Å²) in [5.74, 6) is -0.793. The molecule has 1 saturated heterocycles. The lowest BCUT2D eigenvalue weighted by molar-refractivity contribution is -0.199. The molecule has 2 aliphatic heterocycles. The van der Waals surface area contributed by atoms with E-state index in [1.807, 2.05) is 20.8 Å². The second-order valence-corrected chi connectivity index (χ2v) is 10.8. The van der Waals surface area contributed by atoms with Gasteiger partial charge in [-0.25, -0.2) is 9.59 Å². The van der Waals surface area contributed by atoms with Gasteiger partial charge in [0, 0.05) is 16.9 Å². The molecule has 3 heterocycles. The van der Waals surface area contributed by atoms with Gasteiger partial charge in [-0.2, -0.15) is 0 Å². The van der Waals surface area contributed by atoms with E-state index < -0.39 is 51.8 Å². The third-order valence-electron chi connectivity index (χ3n) is 8.42. The Morgan fingerprint density at radius 3 is 2.39 bits per heavy atom. The maximum atomic E-state index is 13.7. The number of fused-ring (bicyclic) bond motifs is 5. The number of hydrogen-bond acceptors (Lipinski definition) is 8. The average molecular weight is 456 g/mol. The van der Waals surface area contributed by atoms with Crippen LogP contribution in [0.1, 0.15) is 64.7 Å². The van der Waals surface area contributed by atoms with Crippen molar-refractivity contribution in [2.24, 2.45) is 10.8 Å². The molecule has 0 unspecified atom stereocenters. The Bertz CT molecular complexity index is 1270. The number of esters is 2. The van der Waals surface area contributed by atoms with Gasteiger partial charge in [-0.1, -0.05) is 13.8 Å². The van der Waals surface area contributed by atoms with Crippen LogP contribution in [-0.4, -0.2) is 34.4 Å². The first-order valence-corrected chi connectivity index (χ1v) is 11.1. The highest BCUT2D eigenvalue weighted by molar-refractivity contribution is 5.94. The number of rotatable bonds is 2. The molecule has 33 heavy (non-hydrogen) atoms. The van der Waals surface area contributed by atoms with E-state index in [1.165, 1.54) is 6.07 Å². The second-order valence-electron chi connectivity index (χ2n) is 10.8. The highest BCUT2D eigenvalue weighted by Gasteiger charge is 2.76. The lowest BCUT2D eigenvalue weighted by Crippen LogP contribution is -2.53. The van der Waals surface area contributed by atoms with Gasteiger partial charge in [-0.15, -0.1) is 0 Å². The number of benzene rings is 1. The fourth-order valence-electron chi connectivity index (χ4n) is 5.65. The van der Waals surface area contributed by atoms with Crippen molar-refractivity contribution in [1.29, 1.82) is 0 Å². The van der Waals surface area contributed by atoms with E-state index >= 15 is 0 Å². The first kappa shape index (κ1) is 21.9. The van der Waals surface area contributed by atoms with Crippen molar-refractivity contribution in [2.75, 3.05) is 0 Å². The zero-order valence-corrected chi connectivity index (χ0v) is 19.6. The fourth-order valence-corrected chi connectivity index (χ4v) is 5.65. The van der Waals surface area contributed by atoms with Crippen LogP contribution in [0.25, 0.3) is 11.0 Å². The first-order valence-electron chi connectivity index (χ1n) is 11.1. The molecule has 2 bridgehead atoms. The van der Waals surface area contributed by atoms with Crippen LogP contribution in [0.4, 0.5) is 0 Å². The van der Waals surface area contributed by atoms with Crippen molar-refractivity contribution in [3.05, 3.63) is 39.7 Å². The van der Waals surface area contributed by atoms with Crippen molar-refractivity contribution in [2.45, 2.75) is 77.8 Å². The fraction of sp³-hybridized carbons (Fsp3) is 0.560. The molecule has 8 nitrogen and oxygen atoms in total. The lowest BCUT2D eigenvalue weighted by Gasteiger charge is -2.43. The van der Waals surface area contributed by atoms with E-state index in [0.717, 1.165) is 0 Å². The van der Waals surface area contributed by atoms with Crippen LogP contribution in [0.3, 0.4) is 0 Å². The zero-order chi connectivity index (χ0) is 24.1. The Hall–Kier alpha value is -2.87. The number of hydrogen-bond donors (Lipinski definition) is 1. The summed E-state index contributed by atoms with van der Waals surface area (Å²) in [4.78, 5) is 38.5. The molecule has 0 spiro atoms. The Labute approximate surface area is 190 Å². The van der Waals surface area contributed by atoms with Crippen LogP contribution < -0.4 is 10.4 Å². The summed E-state index contributed by atoms with van der Waals surface area (Å²) in [5.41, 5.74) is -3.55. The summed E-state index contributed by atoms with van der Waals surface area (Å²) in [7, 11) is 0. The molecule has 176 valence electrons. The van der Waals surface area contributed by atoms with Crippen LogP contribution in [0.15, 0.2) is 27.4 Å². The minimum Gasteiger partial charge on any atom is -0.484 e. The molecule has 1 aromatic heterocycles. The number of carbonyl (C=O) groups is 2. The summed E-state index contributed by atoms with van der Waals surface area (Å²) in [5, 5.41) is 11.8. The molecule has 5 rings (SSSR count).